The molecule has 2 heterocycles. The predicted molar refractivity (Wildman–Crippen MR) is 61.4 cm³/mol. The molecular weight excluding hydrogens is 224 g/mol. The van der Waals surface area contributed by atoms with E-state index in [0.29, 0.717) is 5.15 Å². The fraction of sp³-hybridized carbons (Fsp3) is 0.273. The highest BCUT2D eigenvalue weighted by Crippen LogP contribution is 2.13. The summed E-state index contributed by atoms with van der Waals surface area (Å²) in [6, 6.07) is 5.75. The summed E-state index contributed by atoms with van der Waals surface area (Å²) in [5.41, 5.74) is 1.08. The van der Waals surface area contributed by atoms with Crippen molar-refractivity contribution in [3.8, 4) is 6.07 Å². The number of allylic oxidation sites excluding steroid dienone is 1. The van der Waals surface area contributed by atoms with Gasteiger partial charge in [0.15, 0.2) is 0 Å². The van der Waals surface area contributed by atoms with Gasteiger partial charge in [-0.15, -0.1) is 0 Å². The van der Waals surface area contributed by atoms with Crippen molar-refractivity contribution in [1.29, 1.82) is 5.26 Å². The van der Waals surface area contributed by atoms with Crippen molar-refractivity contribution in [2.75, 3.05) is 13.1 Å². The Morgan fingerprint density at radius 3 is 3.19 bits per heavy atom. The number of hydrogen-bond acceptors (Lipinski definition) is 4. The Bertz CT molecular complexity index is 432. The van der Waals surface area contributed by atoms with Gasteiger partial charge < -0.3 is 10.2 Å². The minimum atomic E-state index is 0.496. The van der Waals surface area contributed by atoms with Crippen molar-refractivity contribution in [2.24, 2.45) is 0 Å². The number of hydrogen-bond donors (Lipinski definition) is 1. The molecule has 82 valence electrons. The summed E-state index contributed by atoms with van der Waals surface area (Å²) >= 11 is 5.72. The van der Waals surface area contributed by atoms with Gasteiger partial charge in [-0.05, 0) is 11.6 Å². The summed E-state index contributed by atoms with van der Waals surface area (Å²) < 4.78 is 0. The lowest BCUT2D eigenvalue weighted by molar-refractivity contribution is 0.388. The Morgan fingerprint density at radius 1 is 1.62 bits per heavy atom. The minimum absolute atomic E-state index is 0.496. The van der Waals surface area contributed by atoms with Gasteiger partial charge in [0.05, 0.1) is 12.1 Å². The van der Waals surface area contributed by atoms with Gasteiger partial charge in [0, 0.05) is 25.8 Å². The van der Waals surface area contributed by atoms with Gasteiger partial charge in [0.25, 0.3) is 0 Å². The van der Waals surface area contributed by atoms with Crippen LogP contribution in [0, 0.1) is 11.3 Å². The quantitative estimate of drug-likeness (QED) is 0.623. The second-order valence-electron chi connectivity index (χ2n) is 3.50. The summed E-state index contributed by atoms with van der Waals surface area (Å²) in [7, 11) is 0. The minimum Gasteiger partial charge on any atom is -0.369 e. The molecule has 0 atom stereocenters. The third-order valence-electron chi connectivity index (χ3n) is 2.39. The van der Waals surface area contributed by atoms with Crippen LogP contribution in [0.2, 0.25) is 5.15 Å². The first-order chi connectivity index (χ1) is 7.79. The highest BCUT2D eigenvalue weighted by molar-refractivity contribution is 6.29. The molecule has 0 spiro atoms. The Balaban J connectivity index is 2.07. The lowest BCUT2D eigenvalue weighted by atomic mass is 10.2. The second kappa shape index (κ2) is 4.86. The SMILES string of the molecule is N#C/C=C1/NCCN1Cc1ccc(Cl)nc1. The molecule has 1 aliphatic heterocycles. The molecule has 2 rings (SSSR count). The number of nitriles is 1. The molecule has 0 amide bonds. The first-order valence-electron chi connectivity index (χ1n) is 4.98. The van der Waals surface area contributed by atoms with Gasteiger partial charge >= 0.3 is 0 Å². The van der Waals surface area contributed by atoms with Gasteiger partial charge in [-0.2, -0.15) is 5.26 Å². The predicted octanol–water partition coefficient (Wildman–Crippen LogP) is 1.51. The van der Waals surface area contributed by atoms with Crippen LogP contribution in [0.3, 0.4) is 0 Å². The number of nitrogens with one attached hydrogen (secondary N) is 1. The Labute approximate surface area is 99.2 Å². The summed E-state index contributed by atoms with van der Waals surface area (Å²) in [6.45, 7) is 2.51. The zero-order valence-electron chi connectivity index (χ0n) is 8.65. The van der Waals surface area contributed by atoms with E-state index < -0.39 is 0 Å². The molecule has 0 radical (unpaired) electrons. The van der Waals surface area contributed by atoms with Gasteiger partial charge in [0.2, 0.25) is 0 Å². The fourth-order valence-corrected chi connectivity index (χ4v) is 1.75. The smallest absolute Gasteiger partial charge is 0.129 e. The lowest BCUT2D eigenvalue weighted by Crippen LogP contribution is -2.19. The van der Waals surface area contributed by atoms with Crippen LogP contribution in [0.4, 0.5) is 0 Å². The molecule has 0 unspecified atom stereocenters. The molecule has 1 aliphatic rings. The lowest BCUT2D eigenvalue weighted by Gasteiger charge is -2.17. The number of pyridine rings is 1. The molecule has 1 aromatic rings. The Hall–Kier alpha value is -1.73. The van der Waals surface area contributed by atoms with Crippen LogP contribution in [0.5, 0.6) is 0 Å². The molecule has 5 heteroatoms. The van der Waals surface area contributed by atoms with Crippen LogP contribution >= 0.6 is 11.6 Å². The van der Waals surface area contributed by atoms with E-state index in [1.165, 1.54) is 6.08 Å². The molecule has 0 saturated carbocycles. The van der Waals surface area contributed by atoms with Gasteiger partial charge in [-0.25, -0.2) is 4.98 Å². The summed E-state index contributed by atoms with van der Waals surface area (Å²) in [5, 5.41) is 12.3. The highest BCUT2D eigenvalue weighted by atomic mass is 35.5. The topological polar surface area (TPSA) is 52.0 Å². The zero-order chi connectivity index (χ0) is 11.4. The number of rotatable bonds is 2. The van der Waals surface area contributed by atoms with E-state index in [1.807, 2.05) is 12.1 Å². The third-order valence-corrected chi connectivity index (χ3v) is 2.62. The highest BCUT2D eigenvalue weighted by Gasteiger charge is 2.15. The van der Waals surface area contributed by atoms with Crippen molar-refractivity contribution in [1.82, 2.24) is 15.2 Å². The monoisotopic (exact) mass is 234 g/mol. The van der Waals surface area contributed by atoms with E-state index in [0.717, 1.165) is 31.0 Å². The molecule has 0 aliphatic carbocycles. The summed E-state index contributed by atoms with van der Waals surface area (Å²) in [4.78, 5) is 6.13. The normalized spacial score (nSPS) is 17.2. The van der Waals surface area contributed by atoms with Crippen molar-refractivity contribution in [3.63, 3.8) is 0 Å². The van der Waals surface area contributed by atoms with Crippen LogP contribution in [0.25, 0.3) is 0 Å². The van der Waals surface area contributed by atoms with Gasteiger partial charge in [0.1, 0.15) is 11.0 Å². The van der Waals surface area contributed by atoms with Crippen LogP contribution < -0.4 is 5.32 Å². The van der Waals surface area contributed by atoms with E-state index in [-0.39, 0.29) is 0 Å². The van der Waals surface area contributed by atoms with Crippen LogP contribution in [-0.4, -0.2) is 23.0 Å². The first kappa shape index (κ1) is 10.8. The fourth-order valence-electron chi connectivity index (χ4n) is 1.64. The van der Waals surface area contributed by atoms with E-state index in [2.05, 4.69) is 15.2 Å². The molecule has 0 bridgehead atoms. The van der Waals surface area contributed by atoms with Crippen molar-refractivity contribution < 1.29 is 0 Å². The second-order valence-corrected chi connectivity index (χ2v) is 3.88. The zero-order valence-corrected chi connectivity index (χ0v) is 9.41. The summed E-state index contributed by atoms with van der Waals surface area (Å²) in [6.07, 6.45) is 3.28. The molecule has 16 heavy (non-hydrogen) atoms. The van der Waals surface area contributed by atoms with Crippen LogP contribution in [0.15, 0.2) is 30.2 Å². The number of aromatic nitrogens is 1. The number of halogens is 1. The Kier molecular flexibility index (Phi) is 3.28. The molecule has 1 N–H and O–H groups in total. The Morgan fingerprint density at radius 2 is 2.50 bits per heavy atom. The molecule has 1 fully saturated rings. The van der Waals surface area contributed by atoms with Crippen molar-refractivity contribution in [2.45, 2.75) is 6.54 Å². The molecule has 1 aromatic heterocycles. The third kappa shape index (κ3) is 2.44. The van der Waals surface area contributed by atoms with E-state index in [9.17, 15) is 0 Å². The van der Waals surface area contributed by atoms with Crippen LogP contribution in [-0.2, 0) is 6.54 Å². The number of nitrogens with zero attached hydrogens (tertiary/aromatic N) is 3. The molecule has 0 aromatic carbocycles. The molecule has 4 nitrogen and oxygen atoms in total. The van der Waals surface area contributed by atoms with Gasteiger partial charge in [-0.1, -0.05) is 17.7 Å². The molecular formula is C11H11ClN4. The first-order valence-corrected chi connectivity index (χ1v) is 5.36. The standard InChI is InChI=1S/C11H11ClN4/c12-10-2-1-9(7-15-10)8-16-6-5-14-11(16)3-4-13/h1-3,7,14H,5-6,8H2/b11-3-. The maximum absolute atomic E-state index is 8.62. The van der Waals surface area contributed by atoms with Crippen molar-refractivity contribution >= 4 is 11.6 Å². The van der Waals surface area contributed by atoms with E-state index >= 15 is 0 Å². The maximum atomic E-state index is 8.62. The molecule has 1 saturated heterocycles. The van der Waals surface area contributed by atoms with E-state index in [4.69, 9.17) is 16.9 Å². The average molecular weight is 235 g/mol. The van der Waals surface area contributed by atoms with E-state index in [1.54, 1.807) is 12.3 Å². The van der Waals surface area contributed by atoms with Crippen LogP contribution in [0.1, 0.15) is 5.56 Å². The summed E-state index contributed by atoms with van der Waals surface area (Å²) in [5.74, 6) is 0.873. The average Bonchev–Trinajstić information content (AvgIpc) is 2.70. The van der Waals surface area contributed by atoms with Gasteiger partial charge in [-0.3, -0.25) is 0 Å². The maximum Gasteiger partial charge on any atom is 0.129 e. The largest absolute Gasteiger partial charge is 0.369 e. The van der Waals surface area contributed by atoms with Crippen molar-refractivity contribution in [3.05, 3.63) is 40.9 Å².